The molecule has 0 amide bonds. The average molecular weight is 246 g/mol. The fraction of sp³-hybridized carbons (Fsp3) is 0.500. The van der Waals surface area contributed by atoms with E-state index in [0.29, 0.717) is 5.46 Å². The zero-order chi connectivity index (χ0) is 13.6. The van der Waals surface area contributed by atoms with Crippen molar-refractivity contribution in [3.63, 3.8) is 0 Å². The molecule has 0 atom stereocenters. The van der Waals surface area contributed by atoms with Crippen LogP contribution in [0.2, 0.25) is 0 Å². The summed E-state index contributed by atoms with van der Waals surface area (Å²) in [4.78, 5) is 3.87. The summed E-state index contributed by atoms with van der Waals surface area (Å²) in [5.74, 6) is -0.0151. The van der Waals surface area contributed by atoms with E-state index in [9.17, 15) is 5.11 Å². The first kappa shape index (κ1) is 12.9. The average Bonchev–Trinajstić information content (AvgIpc) is 2.48. The van der Waals surface area contributed by atoms with E-state index in [2.05, 4.69) is 4.98 Å². The fourth-order valence-electron chi connectivity index (χ4n) is 1.71. The standard InChI is InChI=1S/C12H15BN2O3/c1-11(2)12(3,4)18-13(17-11)9-5-8(16)7-15-10(9)6-14/h5,7,16H,1-4H3. The Morgan fingerprint density at radius 1 is 1.28 bits per heavy atom. The quantitative estimate of drug-likeness (QED) is 0.747. The van der Waals surface area contributed by atoms with Gasteiger partial charge in [-0.1, -0.05) is 0 Å². The van der Waals surface area contributed by atoms with Gasteiger partial charge < -0.3 is 14.4 Å². The van der Waals surface area contributed by atoms with Gasteiger partial charge >= 0.3 is 7.12 Å². The minimum absolute atomic E-state index is 0.0151. The molecule has 1 aliphatic heterocycles. The number of nitriles is 1. The maximum Gasteiger partial charge on any atom is 0.497 e. The van der Waals surface area contributed by atoms with Crippen molar-refractivity contribution >= 4 is 12.6 Å². The molecule has 0 spiro atoms. The Bertz CT molecular complexity index is 507. The molecule has 0 bridgehead atoms. The lowest BCUT2D eigenvalue weighted by Crippen LogP contribution is -2.41. The third kappa shape index (κ3) is 1.96. The van der Waals surface area contributed by atoms with Gasteiger partial charge in [0.05, 0.1) is 17.4 Å². The molecule has 1 N–H and O–H groups in total. The minimum Gasteiger partial charge on any atom is -0.506 e. The van der Waals surface area contributed by atoms with Crippen molar-refractivity contribution in [3.05, 3.63) is 18.0 Å². The van der Waals surface area contributed by atoms with E-state index >= 15 is 0 Å². The topological polar surface area (TPSA) is 75.4 Å². The van der Waals surface area contributed by atoms with Crippen LogP contribution < -0.4 is 5.46 Å². The Morgan fingerprint density at radius 3 is 2.33 bits per heavy atom. The van der Waals surface area contributed by atoms with Gasteiger partial charge in [0.25, 0.3) is 0 Å². The lowest BCUT2D eigenvalue weighted by atomic mass is 9.78. The lowest BCUT2D eigenvalue weighted by molar-refractivity contribution is 0.00578. The number of rotatable bonds is 1. The molecule has 18 heavy (non-hydrogen) atoms. The molecule has 1 aliphatic rings. The van der Waals surface area contributed by atoms with Crippen molar-refractivity contribution in [1.82, 2.24) is 4.98 Å². The van der Waals surface area contributed by atoms with E-state index < -0.39 is 18.3 Å². The molecule has 1 fully saturated rings. The van der Waals surface area contributed by atoms with Gasteiger partial charge in [0.15, 0.2) is 0 Å². The van der Waals surface area contributed by atoms with Crippen molar-refractivity contribution in [3.8, 4) is 11.8 Å². The summed E-state index contributed by atoms with van der Waals surface area (Å²) in [5, 5.41) is 18.5. The number of aromatic nitrogens is 1. The van der Waals surface area contributed by atoms with Gasteiger partial charge in [-0.05, 0) is 33.8 Å². The van der Waals surface area contributed by atoms with E-state index in [4.69, 9.17) is 14.6 Å². The molecule has 2 heterocycles. The van der Waals surface area contributed by atoms with Crippen molar-refractivity contribution in [2.24, 2.45) is 0 Å². The van der Waals surface area contributed by atoms with Gasteiger partial charge in [-0.2, -0.15) is 5.26 Å². The van der Waals surface area contributed by atoms with E-state index in [1.165, 1.54) is 12.3 Å². The van der Waals surface area contributed by atoms with Crippen LogP contribution in [0.3, 0.4) is 0 Å². The van der Waals surface area contributed by atoms with Crippen molar-refractivity contribution in [2.45, 2.75) is 38.9 Å². The van der Waals surface area contributed by atoms with Gasteiger partial charge in [0, 0.05) is 5.46 Å². The van der Waals surface area contributed by atoms with Crippen LogP contribution in [0.4, 0.5) is 0 Å². The van der Waals surface area contributed by atoms with E-state index in [1.807, 2.05) is 33.8 Å². The SMILES string of the molecule is CC1(C)OB(c2cc(O)cnc2C#N)OC1(C)C. The summed E-state index contributed by atoms with van der Waals surface area (Å²) < 4.78 is 11.6. The molecule has 1 aromatic rings. The van der Waals surface area contributed by atoms with Crippen LogP contribution in [-0.4, -0.2) is 28.4 Å². The second kappa shape index (κ2) is 3.97. The molecule has 1 aromatic heterocycles. The smallest absolute Gasteiger partial charge is 0.497 e. The highest BCUT2D eigenvalue weighted by Crippen LogP contribution is 2.36. The molecule has 94 valence electrons. The molecule has 2 rings (SSSR count). The highest BCUT2D eigenvalue weighted by molar-refractivity contribution is 6.62. The van der Waals surface area contributed by atoms with E-state index in [0.717, 1.165) is 0 Å². The third-order valence-corrected chi connectivity index (χ3v) is 3.52. The maximum atomic E-state index is 9.47. The summed E-state index contributed by atoms with van der Waals surface area (Å²) in [7, 11) is -0.691. The summed E-state index contributed by atoms with van der Waals surface area (Å²) >= 11 is 0. The Balaban J connectivity index is 2.41. The first-order chi connectivity index (χ1) is 8.27. The maximum absolute atomic E-state index is 9.47. The Morgan fingerprint density at radius 2 is 1.83 bits per heavy atom. The first-order valence-electron chi connectivity index (χ1n) is 5.71. The monoisotopic (exact) mass is 246 g/mol. The number of aromatic hydroxyl groups is 1. The molecular weight excluding hydrogens is 231 g/mol. The van der Waals surface area contributed by atoms with Crippen LogP contribution in [0.5, 0.6) is 5.75 Å². The fourth-order valence-corrected chi connectivity index (χ4v) is 1.71. The van der Waals surface area contributed by atoms with Crippen LogP contribution in [-0.2, 0) is 9.31 Å². The van der Waals surface area contributed by atoms with Crippen LogP contribution in [0.15, 0.2) is 12.3 Å². The van der Waals surface area contributed by atoms with E-state index in [-0.39, 0.29) is 11.4 Å². The van der Waals surface area contributed by atoms with Crippen LogP contribution >= 0.6 is 0 Å². The van der Waals surface area contributed by atoms with Crippen molar-refractivity contribution in [2.75, 3.05) is 0 Å². The Labute approximate surface area is 107 Å². The molecule has 0 radical (unpaired) electrons. The summed E-state index contributed by atoms with van der Waals surface area (Å²) in [6.45, 7) is 7.70. The highest BCUT2D eigenvalue weighted by Gasteiger charge is 2.52. The van der Waals surface area contributed by atoms with Crippen LogP contribution in [0, 0.1) is 11.3 Å². The van der Waals surface area contributed by atoms with Gasteiger partial charge in [0.1, 0.15) is 17.5 Å². The van der Waals surface area contributed by atoms with Gasteiger partial charge in [-0.15, -0.1) is 0 Å². The Kier molecular flexibility index (Phi) is 2.84. The van der Waals surface area contributed by atoms with Crippen LogP contribution in [0.1, 0.15) is 33.4 Å². The summed E-state index contributed by atoms with van der Waals surface area (Å²) in [6, 6.07) is 3.42. The number of pyridine rings is 1. The zero-order valence-corrected chi connectivity index (χ0v) is 10.9. The summed E-state index contributed by atoms with van der Waals surface area (Å²) in [5.41, 5.74) is -0.325. The van der Waals surface area contributed by atoms with Gasteiger partial charge in [-0.3, -0.25) is 0 Å². The first-order valence-corrected chi connectivity index (χ1v) is 5.71. The predicted molar refractivity (Wildman–Crippen MR) is 66.3 cm³/mol. The van der Waals surface area contributed by atoms with Crippen LogP contribution in [0.25, 0.3) is 0 Å². The largest absolute Gasteiger partial charge is 0.506 e. The third-order valence-electron chi connectivity index (χ3n) is 3.52. The molecule has 6 heteroatoms. The second-order valence-electron chi connectivity index (χ2n) is 5.33. The normalized spacial score (nSPS) is 20.7. The minimum atomic E-state index is -0.691. The van der Waals surface area contributed by atoms with Crippen molar-refractivity contribution in [1.29, 1.82) is 5.26 Å². The van der Waals surface area contributed by atoms with Crippen molar-refractivity contribution < 1.29 is 14.4 Å². The number of nitrogens with zero attached hydrogens (tertiary/aromatic N) is 2. The lowest BCUT2D eigenvalue weighted by Gasteiger charge is -2.32. The molecule has 5 nitrogen and oxygen atoms in total. The molecule has 0 unspecified atom stereocenters. The van der Waals surface area contributed by atoms with Gasteiger partial charge in [0.2, 0.25) is 0 Å². The molecular formula is C12H15BN2O3. The summed E-state index contributed by atoms with van der Waals surface area (Å²) in [6.07, 6.45) is 1.23. The van der Waals surface area contributed by atoms with Gasteiger partial charge in [-0.25, -0.2) is 4.98 Å². The second-order valence-corrected chi connectivity index (χ2v) is 5.33. The Hall–Kier alpha value is -1.58. The molecule has 1 saturated heterocycles. The number of hydrogen-bond acceptors (Lipinski definition) is 5. The molecule has 0 aromatic carbocycles. The zero-order valence-electron chi connectivity index (χ0n) is 10.9. The molecule has 0 saturated carbocycles. The molecule has 0 aliphatic carbocycles. The highest BCUT2D eigenvalue weighted by atomic mass is 16.7. The number of hydrogen-bond donors (Lipinski definition) is 1. The van der Waals surface area contributed by atoms with E-state index in [1.54, 1.807) is 0 Å². The predicted octanol–water partition coefficient (Wildman–Crippen LogP) is 0.958.